The molecule has 0 saturated carbocycles. The average Bonchev–Trinajstić information content (AvgIpc) is 2.44. The lowest BCUT2D eigenvalue weighted by atomic mass is 10.0. The normalized spacial score (nSPS) is 10.3. The van der Waals surface area contributed by atoms with Crippen LogP contribution in [-0.4, -0.2) is 24.4 Å². The third kappa shape index (κ3) is 2.11. The van der Waals surface area contributed by atoms with Crippen molar-refractivity contribution in [3.05, 3.63) is 24.3 Å². The molecule has 2 aromatic rings. The number of benzene rings is 2. The van der Waals surface area contributed by atoms with E-state index in [1.165, 1.54) is 20.3 Å². The number of hydrogen-bond donors (Lipinski definition) is 4. The summed E-state index contributed by atoms with van der Waals surface area (Å²) in [6.07, 6.45) is 0. The number of anilines is 2. The van der Waals surface area contributed by atoms with E-state index in [1.807, 2.05) is 0 Å². The van der Waals surface area contributed by atoms with Gasteiger partial charge in [0.25, 0.3) is 0 Å². The quantitative estimate of drug-likeness (QED) is 0.503. The van der Waals surface area contributed by atoms with Crippen molar-refractivity contribution in [2.75, 3.05) is 25.7 Å². The third-order valence-electron chi connectivity index (χ3n) is 3.02. The maximum Gasteiger partial charge on any atom is 0.185 e. The summed E-state index contributed by atoms with van der Waals surface area (Å²) in [4.78, 5) is 0. The van der Waals surface area contributed by atoms with Crippen molar-refractivity contribution in [2.45, 2.75) is 0 Å². The van der Waals surface area contributed by atoms with Gasteiger partial charge in [0.1, 0.15) is 17.2 Å². The smallest absolute Gasteiger partial charge is 0.185 e. The second-order valence-corrected chi connectivity index (χ2v) is 4.20. The zero-order valence-corrected chi connectivity index (χ0v) is 11.2. The van der Waals surface area contributed by atoms with E-state index in [4.69, 9.17) is 20.9 Å². The van der Waals surface area contributed by atoms with E-state index in [9.17, 15) is 10.2 Å². The van der Waals surface area contributed by atoms with E-state index in [0.717, 1.165) is 0 Å². The molecule has 0 unspecified atom stereocenters. The lowest BCUT2D eigenvalue weighted by Crippen LogP contribution is -1.97. The lowest BCUT2D eigenvalue weighted by molar-refractivity contribution is 0.370. The first-order chi connectivity index (χ1) is 9.49. The summed E-state index contributed by atoms with van der Waals surface area (Å²) in [5.74, 6) is 0.250. The maximum absolute atomic E-state index is 10.1. The van der Waals surface area contributed by atoms with E-state index in [-0.39, 0.29) is 28.6 Å². The molecule has 0 aliphatic carbocycles. The fourth-order valence-electron chi connectivity index (χ4n) is 1.94. The molecule has 2 aromatic carbocycles. The van der Waals surface area contributed by atoms with E-state index < -0.39 is 0 Å². The van der Waals surface area contributed by atoms with E-state index >= 15 is 0 Å². The van der Waals surface area contributed by atoms with Gasteiger partial charge >= 0.3 is 0 Å². The second-order valence-electron chi connectivity index (χ2n) is 4.20. The fraction of sp³-hybridized carbons (Fsp3) is 0.143. The number of phenols is 2. The lowest BCUT2D eigenvalue weighted by Gasteiger charge is -2.15. The molecule has 0 aliphatic heterocycles. The Bertz CT molecular complexity index is 656. The number of nitrogens with two attached hydrogens (primary N) is 2. The molecule has 0 radical (unpaired) electrons. The van der Waals surface area contributed by atoms with Crippen LogP contribution in [0.5, 0.6) is 23.0 Å². The Balaban J connectivity index is 2.71. The Hall–Kier alpha value is -2.76. The molecule has 0 amide bonds. The Morgan fingerprint density at radius 3 is 2.25 bits per heavy atom. The van der Waals surface area contributed by atoms with Gasteiger partial charge < -0.3 is 31.2 Å². The van der Waals surface area contributed by atoms with E-state index in [2.05, 4.69) is 0 Å². The number of nitrogen functional groups attached to an aromatic ring is 2. The first-order valence-electron chi connectivity index (χ1n) is 5.81. The Morgan fingerprint density at radius 1 is 1.00 bits per heavy atom. The summed E-state index contributed by atoms with van der Waals surface area (Å²) in [5.41, 5.74) is 12.8. The summed E-state index contributed by atoms with van der Waals surface area (Å²) >= 11 is 0. The SMILES string of the molecule is COc1cc(-c2ccc(N)c(O)c2)c(OC)c(O)c1N. The van der Waals surface area contributed by atoms with Gasteiger partial charge in [-0.25, -0.2) is 0 Å². The van der Waals surface area contributed by atoms with Crippen LogP contribution in [0.25, 0.3) is 11.1 Å². The topological polar surface area (TPSA) is 111 Å². The van der Waals surface area contributed by atoms with Crippen molar-refractivity contribution < 1.29 is 19.7 Å². The molecule has 6 heteroatoms. The number of methoxy groups -OCH3 is 2. The van der Waals surface area contributed by atoms with Crippen LogP contribution in [0, 0.1) is 0 Å². The van der Waals surface area contributed by atoms with Crippen LogP contribution in [0.3, 0.4) is 0 Å². The van der Waals surface area contributed by atoms with Gasteiger partial charge in [-0.2, -0.15) is 0 Å². The molecule has 0 saturated heterocycles. The standard InChI is InChI=1S/C14H16N2O4/c1-19-11-6-8(14(20-2)13(18)12(11)16)7-3-4-9(15)10(17)5-7/h3-6,17-18H,15-16H2,1-2H3. The molecule has 6 nitrogen and oxygen atoms in total. The van der Waals surface area contributed by atoms with Crippen LogP contribution in [0.15, 0.2) is 24.3 Å². The summed E-state index contributed by atoms with van der Waals surface area (Å²) < 4.78 is 10.3. The number of phenolic OH excluding ortho intramolecular Hbond substituents is 2. The van der Waals surface area contributed by atoms with Crippen LogP contribution in [0.1, 0.15) is 0 Å². The average molecular weight is 276 g/mol. The first-order valence-corrected chi connectivity index (χ1v) is 5.81. The van der Waals surface area contributed by atoms with Crippen molar-refractivity contribution in [3.63, 3.8) is 0 Å². The molecular formula is C14H16N2O4. The van der Waals surface area contributed by atoms with Crippen LogP contribution in [-0.2, 0) is 0 Å². The molecule has 0 heterocycles. The summed E-state index contributed by atoms with van der Waals surface area (Å²) in [6.45, 7) is 0. The Kier molecular flexibility index (Phi) is 3.47. The van der Waals surface area contributed by atoms with Crippen LogP contribution >= 0.6 is 0 Å². The molecular weight excluding hydrogens is 260 g/mol. The highest BCUT2D eigenvalue weighted by Gasteiger charge is 2.18. The highest BCUT2D eigenvalue weighted by atomic mass is 16.5. The van der Waals surface area contributed by atoms with Crippen molar-refractivity contribution in [1.82, 2.24) is 0 Å². The van der Waals surface area contributed by atoms with Gasteiger partial charge in [-0.3, -0.25) is 0 Å². The molecule has 0 spiro atoms. The second kappa shape index (κ2) is 5.08. The van der Waals surface area contributed by atoms with Gasteiger partial charge in [0.2, 0.25) is 0 Å². The Morgan fingerprint density at radius 2 is 1.70 bits per heavy atom. The zero-order valence-electron chi connectivity index (χ0n) is 11.2. The predicted molar refractivity (Wildman–Crippen MR) is 77.1 cm³/mol. The minimum Gasteiger partial charge on any atom is -0.506 e. The highest BCUT2D eigenvalue weighted by molar-refractivity contribution is 5.83. The summed E-state index contributed by atoms with van der Waals surface area (Å²) in [5, 5.41) is 19.7. The number of ether oxygens (including phenoxy) is 2. The molecule has 106 valence electrons. The number of aromatic hydroxyl groups is 2. The molecule has 6 N–H and O–H groups in total. The van der Waals surface area contributed by atoms with E-state index in [0.29, 0.717) is 16.9 Å². The van der Waals surface area contributed by atoms with Gasteiger partial charge in [-0.1, -0.05) is 6.07 Å². The van der Waals surface area contributed by atoms with Crippen molar-refractivity contribution in [3.8, 4) is 34.1 Å². The van der Waals surface area contributed by atoms with Crippen molar-refractivity contribution in [1.29, 1.82) is 0 Å². The van der Waals surface area contributed by atoms with E-state index in [1.54, 1.807) is 18.2 Å². The minimum absolute atomic E-state index is 0.0557. The van der Waals surface area contributed by atoms with Crippen molar-refractivity contribution >= 4 is 11.4 Å². The molecule has 0 bridgehead atoms. The van der Waals surface area contributed by atoms with Crippen LogP contribution in [0.2, 0.25) is 0 Å². The Labute approximate surface area is 116 Å². The first kappa shape index (κ1) is 13.7. The van der Waals surface area contributed by atoms with Gasteiger partial charge in [0.05, 0.1) is 19.9 Å². The number of hydrogen-bond acceptors (Lipinski definition) is 6. The van der Waals surface area contributed by atoms with Crippen LogP contribution < -0.4 is 20.9 Å². The molecule has 0 aromatic heterocycles. The molecule has 0 atom stereocenters. The summed E-state index contributed by atoms with van der Waals surface area (Å²) in [7, 11) is 2.86. The largest absolute Gasteiger partial charge is 0.506 e. The van der Waals surface area contributed by atoms with Gasteiger partial charge in [-0.15, -0.1) is 0 Å². The minimum atomic E-state index is -0.210. The highest BCUT2D eigenvalue weighted by Crippen LogP contribution is 2.47. The molecule has 2 rings (SSSR count). The van der Waals surface area contributed by atoms with Crippen molar-refractivity contribution in [2.24, 2.45) is 0 Å². The monoisotopic (exact) mass is 276 g/mol. The van der Waals surface area contributed by atoms with Crippen LogP contribution in [0.4, 0.5) is 11.4 Å². The van der Waals surface area contributed by atoms with Gasteiger partial charge in [-0.05, 0) is 23.8 Å². The van der Waals surface area contributed by atoms with Gasteiger partial charge in [0.15, 0.2) is 11.5 Å². The molecule has 0 fully saturated rings. The third-order valence-corrected chi connectivity index (χ3v) is 3.02. The number of rotatable bonds is 3. The molecule has 20 heavy (non-hydrogen) atoms. The maximum atomic E-state index is 10.1. The summed E-state index contributed by atoms with van der Waals surface area (Å²) in [6, 6.07) is 6.35. The zero-order chi connectivity index (χ0) is 14.9. The van der Waals surface area contributed by atoms with Gasteiger partial charge in [0, 0.05) is 5.56 Å². The molecule has 0 aliphatic rings. The predicted octanol–water partition coefficient (Wildman–Crippen LogP) is 1.95. The fourth-order valence-corrected chi connectivity index (χ4v) is 1.94.